The number of carbonyl (C=O) groups excluding carboxylic acids is 1. The second-order valence-electron chi connectivity index (χ2n) is 5.00. The predicted octanol–water partition coefficient (Wildman–Crippen LogP) is 3.49. The van der Waals surface area contributed by atoms with Crippen molar-refractivity contribution in [3.63, 3.8) is 0 Å². The largest absolute Gasteiger partial charge is 0.360 e. The Morgan fingerprint density at radius 3 is 2.77 bits per heavy atom. The monoisotopic (exact) mass is 291 g/mol. The van der Waals surface area contributed by atoms with Crippen molar-refractivity contribution in [2.75, 3.05) is 0 Å². The highest BCUT2D eigenvalue weighted by atomic mass is 16.2. The number of aromatic amines is 1. The van der Waals surface area contributed by atoms with Gasteiger partial charge < -0.3 is 4.98 Å². The summed E-state index contributed by atoms with van der Waals surface area (Å²) in [4.78, 5) is 15.2. The number of amides is 1. The van der Waals surface area contributed by atoms with Crippen LogP contribution in [0.3, 0.4) is 0 Å². The van der Waals surface area contributed by atoms with E-state index in [1.807, 2.05) is 36.5 Å². The molecule has 0 aliphatic rings. The number of aryl methyl sites for hydroxylation is 1. The van der Waals surface area contributed by atoms with Gasteiger partial charge in [-0.05, 0) is 24.1 Å². The molecule has 0 spiro atoms. The fraction of sp³-hybridized carbons (Fsp3) is 0.111. The van der Waals surface area contributed by atoms with E-state index in [-0.39, 0.29) is 5.91 Å². The number of rotatable bonds is 4. The molecule has 0 fully saturated rings. The Labute approximate surface area is 128 Å². The number of carbonyl (C=O) groups is 1. The summed E-state index contributed by atoms with van der Waals surface area (Å²) in [6.45, 7) is 2.13. The van der Waals surface area contributed by atoms with E-state index in [9.17, 15) is 4.79 Å². The third-order valence-electron chi connectivity index (χ3n) is 3.62. The molecular formula is C18H17N3O. The van der Waals surface area contributed by atoms with Crippen LogP contribution in [0.1, 0.15) is 28.4 Å². The molecule has 3 rings (SSSR count). The van der Waals surface area contributed by atoms with Crippen molar-refractivity contribution < 1.29 is 4.79 Å². The zero-order valence-electron chi connectivity index (χ0n) is 12.3. The Kier molecular flexibility index (Phi) is 4.01. The van der Waals surface area contributed by atoms with Gasteiger partial charge in [0.25, 0.3) is 5.91 Å². The highest BCUT2D eigenvalue weighted by Gasteiger charge is 2.05. The number of H-pyrrole nitrogens is 1. The van der Waals surface area contributed by atoms with E-state index >= 15 is 0 Å². The minimum atomic E-state index is -0.217. The molecule has 0 atom stereocenters. The molecule has 0 unspecified atom stereocenters. The fourth-order valence-corrected chi connectivity index (χ4v) is 2.45. The highest BCUT2D eigenvalue weighted by molar-refractivity contribution is 6.01. The first-order valence-electron chi connectivity index (χ1n) is 7.27. The highest BCUT2D eigenvalue weighted by Crippen LogP contribution is 2.20. The lowest BCUT2D eigenvalue weighted by atomic mass is 10.1. The molecule has 22 heavy (non-hydrogen) atoms. The molecule has 3 aromatic rings. The Morgan fingerprint density at radius 1 is 1.18 bits per heavy atom. The first-order valence-corrected chi connectivity index (χ1v) is 7.27. The number of nitrogens with one attached hydrogen (secondary N) is 2. The summed E-state index contributed by atoms with van der Waals surface area (Å²) in [6, 6.07) is 15.2. The summed E-state index contributed by atoms with van der Waals surface area (Å²) in [7, 11) is 0. The summed E-state index contributed by atoms with van der Waals surface area (Å²) in [5, 5.41) is 5.16. The van der Waals surface area contributed by atoms with Crippen LogP contribution in [0.25, 0.3) is 10.9 Å². The molecule has 0 radical (unpaired) electrons. The number of hydrazone groups is 1. The number of para-hydroxylation sites is 1. The van der Waals surface area contributed by atoms with E-state index in [0.29, 0.717) is 5.56 Å². The van der Waals surface area contributed by atoms with Crippen LogP contribution in [0.2, 0.25) is 0 Å². The van der Waals surface area contributed by atoms with Crippen LogP contribution < -0.4 is 5.43 Å². The molecule has 4 heteroatoms. The summed E-state index contributed by atoms with van der Waals surface area (Å²) in [5.74, 6) is -0.217. The summed E-state index contributed by atoms with van der Waals surface area (Å²) in [5.41, 5.74) is 6.49. The third kappa shape index (κ3) is 2.76. The van der Waals surface area contributed by atoms with Crippen LogP contribution in [-0.4, -0.2) is 17.1 Å². The van der Waals surface area contributed by atoms with E-state index in [1.54, 1.807) is 18.3 Å². The van der Waals surface area contributed by atoms with Crippen molar-refractivity contribution >= 4 is 23.0 Å². The number of nitrogens with zero attached hydrogens (tertiary/aromatic N) is 1. The van der Waals surface area contributed by atoms with Crippen molar-refractivity contribution in [2.45, 2.75) is 13.3 Å². The van der Waals surface area contributed by atoms with E-state index in [4.69, 9.17) is 0 Å². The van der Waals surface area contributed by atoms with Crippen molar-refractivity contribution in [2.24, 2.45) is 5.10 Å². The van der Waals surface area contributed by atoms with Crippen LogP contribution in [0, 0.1) is 0 Å². The van der Waals surface area contributed by atoms with E-state index < -0.39 is 0 Å². The van der Waals surface area contributed by atoms with Gasteiger partial charge in [-0.2, -0.15) is 5.10 Å². The smallest absolute Gasteiger partial charge is 0.271 e. The van der Waals surface area contributed by atoms with Gasteiger partial charge in [-0.15, -0.1) is 0 Å². The first kappa shape index (κ1) is 14.1. The van der Waals surface area contributed by atoms with Gasteiger partial charge in [0.05, 0.1) is 6.21 Å². The Morgan fingerprint density at radius 2 is 2.00 bits per heavy atom. The number of hydrogen-bond acceptors (Lipinski definition) is 2. The SMILES string of the molecule is CCc1cccc2c(/C=N/NC(=O)c3ccccc3)c[nH]c12. The fourth-order valence-electron chi connectivity index (χ4n) is 2.45. The Bertz CT molecular complexity index is 819. The molecule has 1 aromatic heterocycles. The molecule has 0 aliphatic carbocycles. The molecule has 4 nitrogen and oxygen atoms in total. The third-order valence-corrected chi connectivity index (χ3v) is 3.62. The van der Waals surface area contributed by atoms with E-state index in [0.717, 1.165) is 22.9 Å². The standard InChI is InChI=1S/C18H17N3O/c1-2-13-9-6-10-16-15(11-19-17(13)16)12-20-21-18(22)14-7-4-3-5-8-14/h3-12,19H,2H2,1H3,(H,21,22)/b20-12+. The second-order valence-corrected chi connectivity index (χ2v) is 5.00. The quantitative estimate of drug-likeness (QED) is 0.561. The number of hydrogen-bond donors (Lipinski definition) is 2. The zero-order chi connectivity index (χ0) is 15.4. The van der Waals surface area contributed by atoms with Crippen molar-refractivity contribution in [1.82, 2.24) is 10.4 Å². The maximum absolute atomic E-state index is 11.9. The van der Waals surface area contributed by atoms with Gasteiger partial charge in [-0.1, -0.05) is 43.3 Å². The minimum Gasteiger partial charge on any atom is -0.360 e. The van der Waals surface area contributed by atoms with Crippen LogP contribution in [0.4, 0.5) is 0 Å². The summed E-state index contributed by atoms with van der Waals surface area (Å²) < 4.78 is 0. The maximum atomic E-state index is 11.9. The van der Waals surface area contributed by atoms with Gasteiger partial charge >= 0.3 is 0 Å². The Balaban J connectivity index is 1.78. The van der Waals surface area contributed by atoms with Crippen molar-refractivity contribution in [1.29, 1.82) is 0 Å². The van der Waals surface area contributed by atoms with Gasteiger partial charge in [-0.3, -0.25) is 4.79 Å². The van der Waals surface area contributed by atoms with Gasteiger partial charge in [0, 0.05) is 28.2 Å². The summed E-state index contributed by atoms with van der Waals surface area (Å²) >= 11 is 0. The number of benzene rings is 2. The van der Waals surface area contributed by atoms with Gasteiger partial charge in [-0.25, -0.2) is 5.43 Å². The molecule has 1 amide bonds. The summed E-state index contributed by atoms with van der Waals surface area (Å²) in [6.07, 6.45) is 4.54. The van der Waals surface area contributed by atoms with Gasteiger partial charge in [0.1, 0.15) is 0 Å². The van der Waals surface area contributed by atoms with Gasteiger partial charge in [0.2, 0.25) is 0 Å². The van der Waals surface area contributed by atoms with E-state index in [1.165, 1.54) is 5.56 Å². The van der Waals surface area contributed by atoms with Crippen LogP contribution in [-0.2, 0) is 6.42 Å². The molecule has 0 saturated carbocycles. The number of aromatic nitrogens is 1. The first-order chi connectivity index (χ1) is 10.8. The molecule has 110 valence electrons. The number of fused-ring (bicyclic) bond motifs is 1. The molecule has 2 N–H and O–H groups in total. The second kappa shape index (κ2) is 6.26. The van der Waals surface area contributed by atoms with Crippen LogP contribution in [0.5, 0.6) is 0 Å². The normalized spacial score (nSPS) is 11.1. The average Bonchev–Trinajstić information content (AvgIpc) is 2.99. The van der Waals surface area contributed by atoms with Crippen molar-refractivity contribution in [3.8, 4) is 0 Å². The molecule has 1 heterocycles. The molecule has 0 aliphatic heterocycles. The maximum Gasteiger partial charge on any atom is 0.271 e. The lowest BCUT2D eigenvalue weighted by molar-refractivity contribution is 0.0955. The van der Waals surface area contributed by atoms with E-state index in [2.05, 4.69) is 28.5 Å². The van der Waals surface area contributed by atoms with Crippen molar-refractivity contribution in [3.05, 3.63) is 71.4 Å². The van der Waals surface area contributed by atoms with Crippen LogP contribution in [0.15, 0.2) is 59.8 Å². The topological polar surface area (TPSA) is 57.2 Å². The van der Waals surface area contributed by atoms with Crippen LogP contribution >= 0.6 is 0 Å². The van der Waals surface area contributed by atoms with Gasteiger partial charge in [0.15, 0.2) is 0 Å². The molecule has 2 aromatic carbocycles. The minimum absolute atomic E-state index is 0.217. The molecule has 0 bridgehead atoms. The molecular weight excluding hydrogens is 274 g/mol. The molecule has 0 saturated heterocycles. The average molecular weight is 291 g/mol. The Hall–Kier alpha value is -2.88. The lowest BCUT2D eigenvalue weighted by Crippen LogP contribution is -2.17. The lowest BCUT2D eigenvalue weighted by Gasteiger charge is -1.99. The predicted molar refractivity (Wildman–Crippen MR) is 89.2 cm³/mol. The zero-order valence-corrected chi connectivity index (χ0v) is 12.3.